The van der Waals surface area contributed by atoms with Crippen molar-refractivity contribution < 1.29 is 31.1 Å². The molecule has 0 spiro atoms. The molecule has 0 aromatic heterocycles. The Morgan fingerprint density at radius 2 is 1.52 bits per heavy atom. The number of likely N-dealkylation sites (N-methyl/N-ethyl adjacent to an activating group) is 1. The van der Waals surface area contributed by atoms with Crippen molar-refractivity contribution >= 4 is 23.9 Å². The highest BCUT2D eigenvalue weighted by Gasteiger charge is 2.38. The van der Waals surface area contributed by atoms with Gasteiger partial charge >= 0.3 is 12.4 Å². The van der Waals surface area contributed by atoms with E-state index < -0.39 is 35.4 Å². The van der Waals surface area contributed by atoms with E-state index in [9.17, 15) is 31.1 Å². The Bertz CT molecular complexity index is 986. The molecule has 2 aromatic carbocycles. The summed E-state index contributed by atoms with van der Waals surface area (Å²) in [4.78, 5) is 14.4. The molecule has 1 amide bonds. The number of carbonyl (C=O) groups is 1. The Kier molecular flexibility index (Phi) is 8.24. The monoisotopic (exact) mass is 492 g/mol. The summed E-state index contributed by atoms with van der Waals surface area (Å²) in [7, 11) is 1.39. The summed E-state index contributed by atoms with van der Waals surface area (Å²) in [5, 5.41) is 3.19. The van der Waals surface area contributed by atoms with Crippen LogP contribution in [0.1, 0.15) is 41.6 Å². The van der Waals surface area contributed by atoms with Gasteiger partial charge in [-0.25, -0.2) is 0 Å². The molecular formula is C23H23ClF6N2O. The van der Waals surface area contributed by atoms with Crippen LogP contribution in [0.25, 0.3) is 5.57 Å². The number of rotatable bonds is 4. The number of alkyl halides is 6. The molecule has 0 unspecified atom stereocenters. The van der Waals surface area contributed by atoms with Crippen molar-refractivity contribution in [2.45, 2.75) is 31.7 Å². The predicted octanol–water partition coefficient (Wildman–Crippen LogP) is 6.11. The average molecular weight is 493 g/mol. The van der Waals surface area contributed by atoms with E-state index in [0.717, 1.165) is 11.1 Å². The molecule has 0 saturated heterocycles. The van der Waals surface area contributed by atoms with Crippen LogP contribution < -0.4 is 5.32 Å². The Hall–Kier alpha value is -2.52. The van der Waals surface area contributed by atoms with Gasteiger partial charge in [0.05, 0.1) is 17.2 Å². The Morgan fingerprint density at radius 1 is 0.970 bits per heavy atom. The van der Waals surface area contributed by atoms with Gasteiger partial charge in [-0.3, -0.25) is 4.79 Å². The molecule has 3 nitrogen and oxygen atoms in total. The van der Waals surface area contributed by atoms with Crippen molar-refractivity contribution in [2.24, 2.45) is 0 Å². The second kappa shape index (κ2) is 10.2. The number of nitrogens with zero attached hydrogens (tertiary/aromatic N) is 1. The molecule has 1 atom stereocenters. The zero-order chi connectivity index (χ0) is 23.7. The largest absolute Gasteiger partial charge is 0.416 e. The SMILES string of the molecule is C[C@H](c1cc(C(F)(F)F)cc(C(F)(F)F)c1)N(C)C(=O)C1=C(c2ccccc2)CNCC1.Cl. The van der Waals surface area contributed by atoms with Gasteiger partial charge < -0.3 is 10.2 Å². The normalized spacial score (nSPS) is 15.6. The molecular weight excluding hydrogens is 470 g/mol. The van der Waals surface area contributed by atoms with Crippen molar-refractivity contribution in [3.05, 3.63) is 76.4 Å². The van der Waals surface area contributed by atoms with Crippen LogP contribution in [0.15, 0.2) is 54.1 Å². The molecule has 1 N–H and O–H groups in total. The van der Waals surface area contributed by atoms with E-state index in [-0.39, 0.29) is 24.0 Å². The van der Waals surface area contributed by atoms with Gasteiger partial charge in [0.15, 0.2) is 0 Å². The van der Waals surface area contributed by atoms with Crippen LogP contribution in [0.2, 0.25) is 0 Å². The molecule has 10 heteroatoms. The summed E-state index contributed by atoms with van der Waals surface area (Å²) in [6.45, 7) is 2.40. The fourth-order valence-corrected chi connectivity index (χ4v) is 3.67. The zero-order valence-electron chi connectivity index (χ0n) is 17.8. The zero-order valence-corrected chi connectivity index (χ0v) is 18.7. The maximum absolute atomic E-state index is 13.3. The first-order valence-corrected chi connectivity index (χ1v) is 9.94. The minimum absolute atomic E-state index is 0. The van der Waals surface area contributed by atoms with E-state index in [0.29, 0.717) is 37.2 Å². The van der Waals surface area contributed by atoms with Crippen LogP contribution >= 0.6 is 12.4 Å². The molecule has 1 aliphatic heterocycles. The third kappa shape index (κ3) is 6.09. The Labute approximate surface area is 193 Å². The minimum atomic E-state index is -4.95. The number of hydrogen-bond acceptors (Lipinski definition) is 2. The first-order chi connectivity index (χ1) is 14.9. The van der Waals surface area contributed by atoms with Crippen LogP contribution in [0.5, 0.6) is 0 Å². The fraction of sp³-hybridized carbons (Fsp3) is 0.348. The van der Waals surface area contributed by atoms with E-state index in [1.165, 1.54) is 18.9 Å². The van der Waals surface area contributed by atoms with Crippen LogP contribution in [0, 0.1) is 0 Å². The maximum Gasteiger partial charge on any atom is 0.416 e. The van der Waals surface area contributed by atoms with E-state index in [1.807, 2.05) is 30.3 Å². The molecule has 1 aliphatic rings. The highest BCUT2D eigenvalue weighted by atomic mass is 35.5. The van der Waals surface area contributed by atoms with Gasteiger partial charge in [0.1, 0.15) is 0 Å². The van der Waals surface area contributed by atoms with Crippen molar-refractivity contribution in [2.75, 3.05) is 20.1 Å². The van der Waals surface area contributed by atoms with E-state index in [4.69, 9.17) is 0 Å². The van der Waals surface area contributed by atoms with E-state index in [1.54, 1.807) is 0 Å². The quantitative estimate of drug-likeness (QED) is 0.522. The third-order valence-corrected chi connectivity index (χ3v) is 5.59. The van der Waals surface area contributed by atoms with Crippen molar-refractivity contribution in [3.63, 3.8) is 0 Å². The van der Waals surface area contributed by atoms with Crippen molar-refractivity contribution in [3.8, 4) is 0 Å². The Balaban J connectivity index is 0.00000385. The van der Waals surface area contributed by atoms with Crippen LogP contribution in [0.4, 0.5) is 26.3 Å². The smallest absolute Gasteiger partial charge is 0.335 e. The molecule has 0 bridgehead atoms. The molecule has 3 rings (SSSR count). The summed E-state index contributed by atoms with van der Waals surface area (Å²) < 4.78 is 79.4. The number of amides is 1. The lowest BCUT2D eigenvalue weighted by Crippen LogP contribution is -2.35. The molecule has 0 radical (unpaired) electrons. The molecule has 180 valence electrons. The molecule has 0 fully saturated rings. The number of nitrogens with one attached hydrogen (secondary N) is 1. The maximum atomic E-state index is 13.3. The summed E-state index contributed by atoms with van der Waals surface area (Å²) in [5.74, 6) is -0.427. The molecule has 33 heavy (non-hydrogen) atoms. The lowest BCUT2D eigenvalue weighted by atomic mass is 9.93. The topological polar surface area (TPSA) is 32.3 Å². The van der Waals surface area contributed by atoms with Crippen LogP contribution in [-0.4, -0.2) is 30.9 Å². The summed E-state index contributed by atoms with van der Waals surface area (Å²) in [5.41, 5.74) is -0.947. The number of hydrogen-bond donors (Lipinski definition) is 1. The molecule has 2 aromatic rings. The number of carbonyl (C=O) groups excluding carboxylic acids is 1. The Morgan fingerprint density at radius 3 is 2.03 bits per heavy atom. The van der Waals surface area contributed by atoms with Gasteiger partial charge in [-0.05, 0) is 54.8 Å². The first-order valence-electron chi connectivity index (χ1n) is 9.94. The van der Waals surface area contributed by atoms with Crippen LogP contribution in [-0.2, 0) is 17.1 Å². The highest BCUT2D eigenvalue weighted by molar-refractivity contribution is 6.02. The van der Waals surface area contributed by atoms with Gasteiger partial charge in [0.2, 0.25) is 5.91 Å². The highest BCUT2D eigenvalue weighted by Crippen LogP contribution is 2.38. The number of halogens is 7. The molecule has 1 heterocycles. The van der Waals surface area contributed by atoms with Crippen molar-refractivity contribution in [1.82, 2.24) is 10.2 Å². The number of benzene rings is 2. The van der Waals surface area contributed by atoms with E-state index in [2.05, 4.69) is 5.32 Å². The van der Waals surface area contributed by atoms with Crippen molar-refractivity contribution in [1.29, 1.82) is 0 Å². The van der Waals surface area contributed by atoms with Gasteiger partial charge in [0, 0.05) is 19.2 Å². The lowest BCUT2D eigenvalue weighted by molar-refractivity contribution is -0.143. The average Bonchev–Trinajstić information content (AvgIpc) is 2.76. The molecule has 0 aliphatic carbocycles. The van der Waals surface area contributed by atoms with Crippen LogP contribution in [0.3, 0.4) is 0 Å². The first kappa shape index (κ1) is 26.7. The van der Waals surface area contributed by atoms with Gasteiger partial charge in [0.25, 0.3) is 0 Å². The van der Waals surface area contributed by atoms with E-state index >= 15 is 0 Å². The second-order valence-electron chi connectivity index (χ2n) is 7.68. The van der Waals surface area contributed by atoms with Gasteiger partial charge in [-0.1, -0.05) is 30.3 Å². The fourth-order valence-electron chi connectivity index (χ4n) is 3.67. The van der Waals surface area contributed by atoms with Gasteiger partial charge in [-0.15, -0.1) is 12.4 Å². The standard InChI is InChI=1S/C23H22F6N2O.ClH/c1-14(16-10-17(22(24,25)26)12-18(11-16)23(27,28)29)31(2)21(32)19-8-9-30-13-20(19)15-6-4-3-5-7-15;/h3-7,10-12,14,30H,8-9,13H2,1-2H3;1H/t14-;/m1./s1. The molecule has 0 saturated carbocycles. The summed E-state index contributed by atoms with van der Waals surface area (Å²) in [6.07, 6.45) is -9.50. The summed E-state index contributed by atoms with van der Waals surface area (Å²) in [6, 6.07) is 9.59. The summed E-state index contributed by atoms with van der Waals surface area (Å²) >= 11 is 0. The van der Waals surface area contributed by atoms with Gasteiger partial charge in [-0.2, -0.15) is 26.3 Å². The minimum Gasteiger partial charge on any atom is -0.335 e. The second-order valence-corrected chi connectivity index (χ2v) is 7.68. The lowest BCUT2D eigenvalue weighted by Gasteiger charge is -2.30. The third-order valence-electron chi connectivity index (χ3n) is 5.59. The predicted molar refractivity (Wildman–Crippen MR) is 116 cm³/mol.